The summed E-state index contributed by atoms with van der Waals surface area (Å²) in [6.07, 6.45) is 25.7. The molecule has 0 spiro atoms. The van der Waals surface area contributed by atoms with Crippen molar-refractivity contribution in [2.45, 2.75) is 154 Å². The molecular weight excluding hydrogens is 360 g/mol. The first kappa shape index (κ1) is 28.6. The molecule has 0 aromatic carbocycles. The summed E-state index contributed by atoms with van der Waals surface area (Å²) in [5, 5.41) is 18.7. The number of hydrogen-bond donors (Lipinski definition) is 2. The molecule has 0 aromatic rings. The van der Waals surface area contributed by atoms with Gasteiger partial charge in [0.05, 0.1) is 6.10 Å². The zero-order valence-electron chi connectivity index (χ0n) is 19.6. The van der Waals surface area contributed by atoms with Gasteiger partial charge in [-0.25, -0.2) is 0 Å². The fourth-order valence-electron chi connectivity index (χ4n) is 4.01. The molecule has 0 rings (SSSR count). The maximum absolute atomic E-state index is 11.5. The molecular formula is C26H52O3. The van der Waals surface area contributed by atoms with Crippen molar-refractivity contribution in [1.82, 2.24) is 0 Å². The quantitative estimate of drug-likeness (QED) is 0.161. The van der Waals surface area contributed by atoms with Crippen LogP contribution in [-0.4, -0.2) is 28.7 Å². The fourth-order valence-corrected chi connectivity index (χ4v) is 4.01. The van der Waals surface area contributed by atoms with Crippen LogP contribution in [0.1, 0.15) is 148 Å². The van der Waals surface area contributed by atoms with E-state index in [0.717, 1.165) is 25.7 Å². The summed E-state index contributed by atoms with van der Waals surface area (Å²) in [7, 11) is 0. The third kappa shape index (κ3) is 23.7. The second-order valence-corrected chi connectivity index (χ2v) is 9.00. The van der Waals surface area contributed by atoms with Crippen LogP contribution in [0.2, 0.25) is 0 Å². The van der Waals surface area contributed by atoms with Gasteiger partial charge in [0.25, 0.3) is 0 Å². The van der Waals surface area contributed by atoms with E-state index in [-0.39, 0.29) is 18.5 Å². The molecule has 0 aliphatic rings. The first-order chi connectivity index (χ1) is 14.2. The van der Waals surface area contributed by atoms with E-state index >= 15 is 0 Å². The van der Waals surface area contributed by atoms with Gasteiger partial charge >= 0.3 is 0 Å². The fraction of sp³-hybridized carbons (Fsp3) is 0.962. The zero-order chi connectivity index (χ0) is 21.4. The van der Waals surface area contributed by atoms with Gasteiger partial charge in [-0.15, -0.1) is 0 Å². The second kappa shape index (κ2) is 23.9. The second-order valence-electron chi connectivity index (χ2n) is 9.00. The Morgan fingerprint density at radius 1 is 0.586 bits per heavy atom. The van der Waals surface area contributed by atoms with Crippen molar-refractivity contribution < 1.29 is 15.0 Å². The molecule has 0 fully saturated rings. The Kier molecular flexibility index (Phi) is 23.5. The lowest BCUT2D eigenvalue weighted by Crippen LogP contribution is -2.08. The van der Waals surface area contributed by atoms with Crippen molar-refractivity contribution in [3.8, 4) is 0 Å². The van der Waals surface area contributed by atoms with Gasteiger partial charge in [0.2, 0.25) is 0 Å². The van der Waals surface area contributed by atoms with Crippen LogP contribution < -0.4 is 0 Å². The smallest absolute Gasteiger partial charge is 0.133 e. The van der Waals surface area contributed by atoms with Crippen LogP contribution in [0.3, 0.4) is 0 Å². The van der Waals surface area contributed by atoms with E-state index in [0.29, 0.717) is 19.3 Å². The van der Waals surface area contributed by atoms with E-state index in [1.165, 1.54) is 96.3 Å². The van der Waals surface area contributed by atoms with Gasteiger partial charge in [-0.05, 0) is 25.7 Å². The summed E-state index contributed by atoms with van der Waals surface area (Å²) in [6, 6.07) is 0. The van der Waals surface area contributed by atoms with E-state index in [4.69, 9.17) is 5.11 Å². The molecule has 0 aliphatic heterocycles. The Morgan fingerprint density at radius 3 is 1.41 bits per heavy atom. The predicted molar refractivity (Wildman–Crippen MR) is 125 cm³/mol. The predicted octanol–water partition coefficient (Wildman–Crippen LogP) is 7.51. The molecule has 0 aliphatic carbocycles. The number of carbonyl (C=O) groups is 1. The highest BCUT2D eigenvalue weighted by Gasteiger charge is 2.06. The summed E-state index contributed by atoms with van der Waals surface area (Å²) in [5.41, 5.74) is 0. The van der Waals surface area contributed by atoms with Crippen LogP contribution in [0.15, 0.2) is 0 Å². The molecule has 1 unspecified atom stereocenters. The third-order valence-electron chi connectivity index (χ3n) is 6.00. The standard InChI is InChI=1S/C26H52O3/c1-2-3-4-5-6-7-8-9-10-11-12-13-14-15-16-17-20-25(28)21-18-22-26(29)23-19-24-27/h25,27-28H,2-24H2,1H3. The summed E-state index contributed by atoms with van der Waals surface area (Å²) >= 11 is 0. The number of aliphatic hydroxyl groups is 2. The highest BCUT2D eigenvalue weighted by Crippen LogP contribution is 2.15. The van der Waals surface area contributed by atoms with E-state index in [1.807, 2.05) is 0 Å². The van der Waals surface area contributed by atoms with Gasteiger partial charge in [-0.1, -0.05) is 110 Å². The molecule has 0 radical (unpaired) electrons. The van der Waals surface area contributed by atoms with Crippen LogP contribution in [-0.2, 0) is 4.79 Å². The Hall–Kier alpha value is -0.410. The summed E-state index contributed by atoms with van der Waals surface area (Å²) < 4.78 is 0. The van der Waals surface area contributed by atoms with Crippen LogP contribution in [0.4, 0.5) is 0 Å². The maximum Gasteiger partial charge on any atom is 0.133 e. The van der Waals surface area contributed by atoms with Crippen molar-refractivity contribution in [3.63, 3.8) is 0 Å². The maximum atomic E-state index is 11.5. The van der Waals surface area contributed by atoms with Crippen molar-refractivity contribution >= 4 is 5.78 Å². The van der Waals surface area contributed by atoms with Gasteiger partial charge in [0.1, 0.15) is 5.78 Å². The largest absolute Gasteiger partial charge is 0.396 e. The molecule has 29 heavy (non-hydrogen) atoms. The molecule has 0 bridgehead atoms. The SMILES string of the molecule is CCCCCCCCCCCCCCCCCCC(O)CCCC(=O)CCCO. The van der Waals surface area contributed by atoms with Crippen LogP contribution >= 0.6 is 0 Å². The van der Waals surface area contributed by atoms with Crippen molar-refractivity contribution in [3.05, 3.63) is 0 Å². The lowest BCUT2D eigenvalue weighted by atomic mass is 10.0. The van der Waals surface area contributed by atoms with Gasteiger partial charge in [0, 0.05) is 19.4 Å². The topological polar surface area (TPSA) is 57.5 Å². The summed E-state index contributed by atoms with van der Waals surface area (Å²) in [4.78, 5) is 11.5. The number of rotatable bonds is 24. The number of Topliss-reactive ketones (excluding diaryl/α,β-unsaturated/α-hetero) is 1. The third-order valence-corrected chi connectivity index (χ3v) is 6.00. The summed E-state index contributed by atoms with van der Waals surface area (Å²) in [6.45, 7) is 2.37. The first-order valence-electron chi connectivity index (χ1n) is 13.0. The minimum Gasteiger partial charge on any atom is -0.396 e. The Bertz CT molecular complexity index is 330. The van der Waals surface area contributed by atoms with Crippen LogP contribution in [0.5, 0.6) is 0 Å². The molecule has 1 atom stereocenters. The normalized spacial score (nSPS) is 12.4. The highest BCUT2D eigenvalue weighted by atomic mass is 16.3. The van der Waals surface area contributed by atoms with Crippen LogP contribution in [0, 0.1) is 0 Å². The number of hydrogen-bond acceptors (Lipinski definition) is 3. The molecule has 0 aromatic heterocycles. The minimum atomic E-state index is -0.243. The highest BCUT2D eigenvalue weighted by molar-refractivity contribution is 5.78. The Morgan fingerprint density at radius 2 is 0.966 bits per heavy atom. The van der Waals surface area contributed by atoms with Gasteiger partial charge in [-0.3, -0.25) is 4.79 Å². The average Bonchev–Trinajstić information content (AvgIpc) is 2.72. The van der Waals surface area contributed by atoms with Crippen molar-refractivity contribution in [2.75, 3.05) is 6.61 Å². The number of aliphatic hydroxyl groups excluding tert-OH is 2. The lowest BCUT2D eigenvalue weighted by molar-refractivity contribution is -0.119. The molecule has 0 heterocycles. The first-order valence-corrected chi connectivity index (χ1v) is 13.0. The molecule has 3 nitrogen and oxygen atoms in total. The van der Waals surface area contributed by atoms with Gasteiger partial charge in [0.15, 0.2) is 0 Å². The summed E-state index contributed by atoms with van der Waals surface area (Å²) in [5.74, 6) is 0.216. The van der Waals surface area contributed by atoms with E-state index in [2.05, 4.69) is 6.92 Å². The number of ketones is 1. The number of unbranched alkanes of at least 4 members (excludes halogenated alkanes) is 15. The molecule has 0 saturated carbocycles. The zero-order valence-corrected chi connectivity index (χ0v) is 19.6. The van der Waals surface area contributed by atoms with Crippen molar-refractivity contribution in [1.29, 1.82) is 0 Å². The number of carbonyl (C=O) groups excluding carboxylic acids is 1. The van der Waals surface area contributed by atoms with E-state index in [9.17, 15) is 9.90 Å². The Balaban J connectivity index is 3.18. The molecule has 2 N–H and O–H groups in total. The lowest BCUT2D eigenvalue weighted by Gasteiger charge is -2.10. The van der Waals surface area contributed by atoms with Crippen LogP contribution in [0.25, 0.3) is 0 Å². The minimum absolute atomic E-state index is 0.0909. The van der Waals surface area contributed by atoms with Crippen molar-refractivity contribution in [2.24, 2.45) is 0 Å². The average molecular weight is 413 g/mol. The van der Waals surface area contributed by atoms with Gasteiger partial charge < -0.3 is 10.2 Å². The van der Waals surface area contributed by atoms with Gasteiger partial charge in [-0.2, -0.15) is 0 Å². The molecule has 3 heteroatoms. The molecule has 0 amide bonds. The monoisotopic (exact) mass is 412 g/mol. The molecule has 174 valence electrons. The molecule has 0 saturated heterocycles. The van der Waals surface area contributed by atoms with E-state index in [1.54, 1.807) is 0 Å². The Labute approximate surface area is 182 Å². The van der Waals surface area contributed by atoms with E-state index < -0.39 is 0 Å².